The first-order chi connectivity index (χ1) is 9.83. The van der Waals surface area contributed by atoms with Crippen LogP contribution in [0.4, 0.5) is 0 Å². The number of aromatic nitrogens is 1. The van der Waals surface area contributed by atoms with Crippen molar-refractivity contribution < 1.29 is 4.79 Å². The smallest absolute Gasteiger partial charge is 0.270 e. The molecule has 0 saturated carbocycles. The molecule has 1 saturated heterocycles. The van der Waals surface area contributed by atoms with Crippen LogP contribution in [0.3, 0.4) is 0 Å². The molecule has 2 N–H and O–H groups in total. The van der Waals surface area contributed by atoms with Crippen LogP contribution in [-0.4, -0.2) is 30.5 Å². The summed E-state index contributed by atoms with van der Waals surface area (Å²) in [4.78, 5) is 17.5. The summed E-state index contributed by atoms with van der Waals surface area (Å²) in [5.74, 6) is 0.641. The van der Waals surface area contributed by atoms with Crippen LogP contribution in [0.5, 0.6) is 0 Å². The highest BCUT2D eigenvalue weighted by molar-refractivity contribution is 7.20. The van der Waals surface area contributed by atoms with E-state index in [0.29, 0.717) is 11.6 Å². The molecule has 20 heavy (non-hydrogen) atoms. The second kappa shape index (κ2) is 6.47. The number of carbonyl (C=O) groups is 1. The molecule has 1 aliphatic rings. The van der Waals surface area contributed by atoms with Crippen molar-refractivity contribution in [3.63, 3.8) is 0 Å². The maximum absolute atomic E-state index is 12.0. The Kier molecular flexibility index (Phi) is 4.44. The van der Waals surface area contributed by atoms with Gasteiger partial charge in [0.05, 0.1) is 4.88 Å². The van der Waals surface area contributed by atoms with Crippen LogP contribution in [0, 0.1) is 5.92 Å². The van der Waals surface area contributed by atoms with E-state index in [2.05, 4.69) is 15.6 Å². The molecule has 1 atom stereocenters. The standard InChI is InChI=1S/C14H17N3OS2/c18-13(16-6-4-10-3-5-15-8-10)11-9-20-14(17-11)12-2-1-7-19-12/h1-2,7,9-10,15H,3-6,8H2,(H,16,18). The van der Waals surface area contributed by atoms with Gasteiger partial charge in [-0.15, -0.1) is 22.7 Å². The average molecular weight is 307 g/mol. The molecule has 0 radical (unpaired) electrons. The van der Waals surface area contributed by atoms with Crippen LogP contribution >= 0.6 is 22.7 Å². The van der Waals surface area contributed by atoms with Crippen LogP contribution in [0.1, 0.15) is 23.3 Å². The molecule has 0 spiro atoms. The van der Waals surface area contributed by atoms with Crippen LogP contribution in [0.15, 0.2) is 22.9 Å². The third-order valence-corrected chi connectivity index (χ3v) is 5.35. The maximum Gasteiger partial charge on any atom is 0.270 e. The first kappa shape index (κ1) is 13.7. The summed E-state index contributed by atoms with van der Waals surface area (Å²) in [6.45, 7) is 2.92. The molecular formula is C14H17N3OS2. The fraction of sp³-hybridized carbons (Fsp3) is 0.429. The molecule has 1 unspecified atom stereocenters. The minimum atomic E-state index is -0.0602. The summed E-state index contributed by atoms with van der Waals surface area (Å²) in [7, 11) is 0. The fourth-order valence-electron chi connectivity index (χ4n) is 2.33. The summed E-state index contributed by atoms with van der Waals surface area (Å²) in [6, 6.07) is 4.02. The first-order valence-electron chi connectivity index (χ1n) is 6.81. The third-order valence-electron chi connectivity index (χ3n) is 3.47. The minimum absolute atomic E-state index is 0.0602. The lowest BCUT2D eigenvalue weighted by atomic mass is 10.1. The van der Waals surface area contributed by atoms with Crippen molar-refractivity contribution in [3.05, 3.63) is 28.6 Å². The maximum atomic E-state index is 12.0. The van der Waals surface area contributed by atoms with E-state index in [-0.39, 0.29) is 5.91 Å². The normalized spacial score (nSPS) is 18.3. The highest BCUT2D eigenvalue weighted by atomic mass is 32.1. The number of rotatable bonds is 5. The quantitative estimate of drug-likeness (QED) is 0.893. The average Bonchev–Trinajstić information content (AvgIpc) is 3.20. The lowest BCUT2D eigenvalue weighted by molar-refractivity contribution is 0.0947. The molecule has 2 aromatic rings. The Hall–Kier alpha value is -1.24. The second-order valence-corrected chi connectivity index (χ2v) is 6.72. The lowest BCUT2D eigenvalue weighted by Crippen LogP contribution is -2.26. The lowest BCUT2D eigenvalue weighted by Gasteiger charge is -2.08. The number of hydrogen-bond donors (Lipinski definition) is 2. The molecule has 3 heterocycles. The van der Waals surface area contributed by atoms with Crippen molar-refractivity contribution in [1.82, 2.24) is 15.6 Å². The highest BCUT2D eigenvalue weighted by Gasteiger charge is 2.15. The van der Waals surface area contributed by atoms with Crippen molar-refractivity contribution in [2.24, 2.45) is 5.92 Å². The van der Waals surface area contributed by atoms with Gasteiger partial charge in [-0.05, 0) is 43.3 Å². The van der Waals surface area contributed by atoms with Gasteiger partial charge in [0.2, 0.25) is 0 Å². The fourth-order valence-corrected chi connectivity index (χ4v) is 3.95. The van der Waals surface area contributed by atoms with E-state index in [1.165, 1.54) is 17.8 Å². The first-order valence-corrected chi connectivity index (χ1v) is 8.57. The molecule has 106 valence electrons. The molecular weight excluding hydrogens is 290 g/mol. The van der Waals surface area contributed by atoms with E-state index in [4.69, 9.17) is 0 Å². The Morgan fingerprint density at radius 1 is 1.50 bits per heavy atom. The van der Waals surface area contributed by atoms with Crippen molar-refractivity contribution >= 4 is 28.6 Å². The number of nitrogens with zero attached hydrogens (tertiary/aromatic N) is 1. The Morgan fingerprint density at radius 2 is 2.45 bits per heavy atom. The van der Waals surface area contributed by atoms with E-state index in [1.807, 2.05) is 22.9 Å². The second-order valence-electron chi connectivity index (χ2n) is 4.92. The summed E-state index contributed by atoms with van der Waals surface area (Å²) < 4.78 is 0. The van der Waals surface area contributed by atoms with Gasteiger partial charge in [0.15, 0.2) is 0 Å². The van der Waals surface area contributed by atoms with Crippen LogP contribution < -0.4 is 10.6 Å². The molecule has 1 aliphatic heterocycles. The van der Waals surface area contributed by atoms with Gasteiger partial charge in [0.1, 0.15) is 10.7 Å². The number of thiophene rings is 1. The van der Waals surface area contributed by atoms with Gasteiger partial charge < -0.3 is 10.6 Å². The van der Waals surface area contributed by atoms with Crippen LogP contribution in [0.2, 0.25) is 0 Å². The van der Waals surface area contributed by atoms with Crippen LogP contribution in [-0.2, 0) is 0 Å². The molecule has 6 heteroatoms. The molecule has 2 aromatic heterocycles. The van der Waals surface area contributed by atoms with E-state index < -0.39 is 0 Å². The highest BCUT2D eigenvalue weighted by Crippen LogP contribution is 2.27. The van der Waals surface area contributed by atoms with E-state index in [0.717, 1.165) is 35.9 Å². The molecule has 1 fully saturated rings. The summed E-state index contributed by atoms with van der Waals surface area (Å²) in [6.07, 6.45) is 2.26. The van der Waals surface area contributed by atoms with Gasteiger partial charge in [-0.25, -0.2) is 4.98 Å². The summed E-state index contributed by atoms with van der Waals surface area (Å²) in [5, 5.41) is 11.1. The number of carbonyl (C=O) groups excluding carboxylic acids is 1. The number of thiazole rings is 1. The van der Waals surface area contributed by atoms with Crippen molar-refractivity contribution in [2.75, 3.05) is 19.6 Å². The van der Waals surface area contributed by atoms with Gasteiger partial charge in [-0.1, -0.05) is 6.07 Å². The van der Waals surface area contributed by atoms with Gasteiger partial charge in [0, 0.05) is 11.9 Å². The zero-order valence-corrected chi connectivity index (χ0v) is 12.7. The van der Waals surface area contributed by atoms with Crippen molar-refractivity contribution in [1.29, 1.82) is 0 Å². The Bertz CT molecular complexity index is 559. The van der Waals surface area contributed by atoms with Gasteiger partial charge in [-0.2, -0.15) is 0 Å². The largest absolute Gasteiger partial charge is 0.351 e. The summed E-state index contributed by atoms with van der Waals surface area (Å²) >= 11 is 3.17. The summed E-state index contributed by atoms with van der Waals surface area (Å²) in [5.41, 5.74) is 0.531. The zero-order valence-electron chi connectivity index (χ0n) is 11.1. The number of hydrogen-bond acceptors (Lipinski definition) is 5. The third kappa shape index (κ3) is 3.26. The van der Waals surface area contributed by atoms with Gasteiger partial charge in [0.25, 0.3) is 5.91 Å². The molecule has 4 nitrogen and oxygen atoms in total. The predicted molar refractivity (Wildman–Crippen MR) is 83.4 cm³/mol. The van der Waals surface area contributed by atoms with Crippen LogP contribution in [0.25, 0.3) is 9.88 Å². The van der Waals surface area contributed by atoms with Gasteiger partial charge >= 0.3 is 0 Å². The topological polar surface area (TPSA) is 54.0 Å². The molecule has 0 bridgehead atoms. The van der Waals surface area contributed by atoms with E-state index >= 15 is 0 Å². The monoisotopic (exact) mass is 307 g/mol. The molecule has 1 amide bonds. The van der Waals surface area contributed by atoms with E-state index in [9.17, 15) is 4.79 Å². The Balaban J connectivity index is 1.52. The number of amides is 1. The van der Waals surface area contributed by atoms with E-state index in [1.54, 1.807) is 11.3 Å². The minimum Gasteiger partial charge on any atom is -0.351 e. The number of nitrogens with one attached hydrogen (secondary N) is 2. The Morgan fingerprint density at radius 3 is 3.20 bits per heavy atom. The molecule has 0 aromatic carbocycles. The Labute approximate surface area is 126 Å². The molecule has 3 rings (SSSR count). The SMILES string of the molecule is O=C(NCCC1CCNC1)c1csc(-c2cccs2)n1. The predicted octanol–water partition coefficient (Wildman–Crippen LogP) is 2.60. The zero-order chi connectivity index (χ0) is 13.8. The molecule has 0 aliphatic carbocycles. The van der Waals surface area contributed by atoms with Crippen molar-refractivity contribution in [3.8, 4) is 9.88 Å². The van der Waals surface area contributed by atoms with Crippen molar-refractivity contribution in [2.45, 2.75) is 12.8 Å². The van der Waals surface area contributed by atoms with Gasteiger partial charge in [-0.3, -0.25) is 4.79 Å².